The molecule has 0 fully saturated rings. The van der Waals surface area contributed by atoms with Crippen molar-refractivity contribution in [2.45, 2.75) is 13.3 Å². The van der Waals surface area contributed by atoms with Gasteiger partial charge >= 0.3 is 5.63 Å². The Hall–Kier alpha value is -3.14. The lowest BCUT2D eigenvalue weighted by molar-refractivity contribution is -0.120. The normalized spacial score (nSPS) is 11.0. The van der Waals surface area contributed by atoms with Crippen LogP contribution in [0.2, 0.25) is 0 Å². The minimum Gasteiger partial charge on any atom is -0.497 e. The van der Waals surface area contributed by atoms with Crippen LogP contribution in [0.25, 0.3) is 11.0 Å². The van der Waals surface area contributed by atoms with E-state index in [2.05, 4.69) is 10.5 Å². The minimum absolute atomic E-state index is 0.220. The number of nitrogens with one attached hydrogen (secondary N) is 1. The molecule has 0 spiro atoms. The van der Waals surface area contributed by atoms with Crippen molar-refractivity contribution in [2.75, 3.05) is 7.11 Å². The summed E-state index contributed by atoms with van der Waals surface area (Å²) in [4.78, 5) is 23.2. The zero-order chi connectivity index (χ0) is 16.1. The van der Waals surface area contributed by atoms with Crippen LogP contribution in [0.5, 0.6) is 5.75 Å². The molecule has 0 aliphatic rings. The first kappa shape index (κ1) is 15.3. The first-order chi connectivity index (χ1) is 10.5. The third-order valence-corrected chi connectivity index (χ3v) is 2.92. The summed E-state index contributed by atoms with van der Waals surface area (Å²) in [5.74, 6) is 0.0814. The van der Waals surface area contributed by atoms with Crippen molar-refractivity contribution in [3.63, 3.8) is 0 Å². The maximum absolute atomic E-state index is 12.0. The van der Waals surface area contributed by atoms with Crippen LogP contribution in [-0.2, 0) is 4.79 Å². The zero-order valence-corrected chi connectivity index (χ0v) is 12.0. The van der Waals surface area contributed by atoms with Gasteiger partial charge < -0.3 is 9.15 Å². The van der Waals surface area contributed by atoms with Crippen molar-refractivity contribution in [3.05, 3.63) is 40.2 Å². The lowest BCUT2D eigenvalue weighted by Gasteiger charge is -2.04. The van der Waals surface area contributed by atoms with E-state index in [1.807, 2.05) is 0 Å². The zero-order valence-electron chi connectivity index (χ0n) is 12.0. The molecule has 0 saturated heterocycles. The van der Waals surface area contributed by atoms with Crippen molar-refractivity contribution >= 4 is 22.6 Å². The number of ether oxygens (including phenoxy) is 1. The number of rotatable bonds is 4. The summed E-state index contributed by atoms with van der Waals surface area (Å²) in [6.45, 7) is 1.56. The molecule has 1 amide bonds. The molecule has 0 atom stereocenters. The predicted octanol–water partition coefficient (Wildman–Crippen LogP) is 1.56. The fraction of sp³-hybridized carbons (Fsp3) is 0.200. The molecule has 7 nitrogen and oxygen atoms in total. The van der Waals surface area contributed by atoms with Gasteiger partial charge in [0.15, 0.2) is 0 Å². The highest BCUT2D eigenvalue weighted by Gasteiger charge is 2.10. The highest BCUT2D eigenvalue weighted by molar-refractivity contribution is 6.01. The maximum atomic E-state index is 12.0. The monoisotopic (exact) mass is 299 g/mol. The minimum atomic E-state index is -0.562. The Kier molecular flexibility index (Phi) is 4.53. The number of carbonyl (C=O) groups excluding carboxylic acids is 1. The topological polar surface area (TPSA) is 105 Å². The summed E-state index contributed by atoms with van der Waals surface area (Å²) < 4.78 is 10.3. The van der Waals surface area contributed by atoms with Gasteiger partial charge in [-0.2, -0.15) is 10.4 Å². The van der Waals surface area contributed by atoms with E-state index in [9.17, 15) is 9.59 Å². The van der Waals surface area contributed by atoms with Crippen LogP contribution in [-0.4, -0.2) is 18.7 Å². The third-order valence-electron chi connectivity index (χ3n) is 2.92. The Bertz CT molecular complexity index is 846. The van der Waals surface area contributed by atoms with Crippen molar-refractivity contribution in [1.29, 1.82) is 5.26 Å². The second-order valence-corrected chi connectivity index (χ2v) is 4.42. The SMILES string of the molecule is COc1ccc2oc(=O)c(/C(C)=N\NC(=O)CC#N)cc2c1. The summed E-state index contributed by atoms with van der Waals surface area (Å²) in [7, 11) is 1.54. The number of hydrogen-bond acceptors (Lipinski definition) is 6. The van der Waals surface area contributed by atoms with Gasteiger partial charge in [-0.15, -0.1) is 0 Å². The highest BCUT2D eigenvalue weighted by Crippen LogP contribution is 2.20. The fourth-order valence-corrected chi connectivity index (χ4v) is 1.80. The molecule has 1 heterocycles. The van der Waals surface area contributed by atoms with Crippen LogP contribution >= 0.6 is 0 Å². The van der Waals surface area contributed by atoms with E-state index in [0.29, 0.717) is 16.7 Å². The van der Waals surface area contributed by atoms with Gasteiger partial charge in [-0.05, 0) is 31.2 Å². The summed E-state index contributed by atoms with van der Waals surface area (Å²) in [5, 5.41) is 12.9. The molecule has 0 unspecified atom stereocenters. The average Bonchev–Trinajstić information content (AvgIpc) is 2.51. The molecule has 0 aliphatic carbocycles. The van der Waals surface area contributed by atoms with Crippen molar-refractivity contribution in [2.24, 2.45) is 5.10 Å². The largest absolute Gasteiger partial charge is 0.497 e. The summed E-state index contributed by atoms with van der Waals surface area (Å²) in [6.07, 6.45) is -0.305. The molecular weight excluding hydrogens is 286 g/mol. The average molecular weight is 299 g/mol. The van der Waals surface area contributed by atoms with E-state index in [0.717, 1.165) is 0 Å². The van der Waals surface area contributed by atoms with Crippen molar-refractivity contribution < 1.29 is 13.9 Å². The standard InChI is InChI=1S/C15H13N3O4/c1-9(17-18-14(19)5-6-16)12-8-10-7-11(21-2)3-4-13(10)22-15(12)20/h3-4,7-8H,5H2,1-2H3,(H,18,19)/b17-9-. The van der Waals surface area contributed by atoms with Gasteiger partial charge in [0, 0.05) is 5.39 Å². The Labute approximate surface area is 125 Å². The third kappa shape index (κ3) is 3.30. The van der Waals surface area contributed by atoms with Gasteiger partial charge in [-0.1, -0.05) is 0 Å². The van der Waals surface area contributed by atoms with Gasteiger partial charge in [0.2, 0.25) is 0 Å². The summed E-state index contributed by atoms with van der Waals surface area (Å²) in [6, 6.07) is 8.37. The van der Waals surface area contributed by atoms with Gasteiger partial charge in [0.1, 0.15) is 17.8 Å². The first-order valence-corrected chi connectivity index (χ1v) is 6.37. The van der Waals surface area contributed by atoms with E-state index in [1.165, 1.54) is 0 Å². The Balaban J connectivity index is 2.40. The van der Waals surface area contributed by atoms with Crippen LogP contribution in [0.3, 0.4) is 0 Å². The molecular formula is C15H13N3O4. The fourth-order valence-electron chi connectivity index (χ4n) is 1.80. The van der Waals surface area contributed by atoms with Crippen LogP contribution in [0.15, 0.2) is 38.6 Å². The maximum Gasteiger partial charge on any atom is 0.345 e. The molecule has 2 aromatic rings. The van der Waals surface area contributed by atoms with E-state index < -0.39 is 11.5 Å². The van der Waals surface area contributed by atoms with Gasteiger partial charge in [0.25, 0.3) is 5.91 Å². The quantitative estimate of drug-likeness (QED) is 0.524. The molecule has 1 aromatic carbocycles. The number of amides is 1. The summed E-state index contributed by atoms with van der Waals surface area (Å²) >= 11 is 0. The second kappa shape index (κ2) is 6.54. The first-order valence-electron chi connectivity index (χ1n) is 6.37. The molecule has 112 valence electrons. The van der Waals surface area contributed by atoms with Crippen LogP contribution in [0.4, 0.5) is 0 Å². The number of nitriles is 1. The molecule has 1 aromatic heterocycles. The van der Waals surface area contributed by atoms with E-state index >= 15 is 0 Å². The smallest absolute Gasteiger partial charge is 0.345 e. The Morgan fingerprint density at radius 1 is 1.45 bits per heavy atom. The molecule has 0 bridgehead atoms. The lowest BCUT2D eigenvalue weighted by Crippen LogP contribution is -2.20. The van der Waals surface area contributed by atoms with Crippen molar-refractivity contribution in [3.8, 4) is 11.8 Å². The number of carbonyl (C=O) groups is 1. The Morgan fingerprint density at radius 3 is 2.91 bits per heavy atom. The van der Waals surface area contributed by atoms with Crippen LogP contribution < -0.4 is 15.8 Å². The molecule has 2 rings (SSSR count). The molecule has 0 radical (unpaired) electrons. The predicted molar refractivity (Wildman–Crippen MR) is 79.6 cm³/mol. The van der Waals surface area contributed by atoms with Crippen molar-refractivity contribution in [1.82, 2.24) is 5.43 Å². The molecule has 0 saturated carbocycles. The van der Waals surface area contributed by atoms with E-state index in [1.54, 1.807) is 44.4 Å². The number of fused-ring (bicyclic) bond motifs is 1. The number of hydrazone groups is 1. The molecule has 7 heteroatoms. The van der Waals surface area contributed by atoms with Crippen LogP contribution in [0.1, 0.15) is 18.9 Å². The van der Waals surface area contributed by atoms with E-state index in [-0.39, 0.29) is 17.7 Å². The number of methoxy groups -OCH3 is 1. The van der Waals surface area contributed by atoms with Crippen LogP contribution in [0, 0.1) is 11.3 Å². The number of benzene rings is 1. The molecule has 22 heavy (non-hydrogen) atoms. The molecule has 0 aliphatic heterocycles. The number of hydrogen-bond donors (Lipinski definition) is 1. The van der Waals surface area contributed by atoms with Gasteiger partial charge in [-0.3, -0.25) is 4.79 Å². The number of nitrogens with zero attached hydrogens (tertiary/aromatic N) is 2. The second-order valence-electron chi connectivity index (χ2n) is 4.42. The lowest BCUT2D eigenvalue weighted by atomic mass is 10.1. The van der Waals surface area contributed by atoms with Gasteiger partial charge in [-0.25, -0.2) is 10.2 Å². The Morgan fingerprint density at radius 2 is 2.23 bits per heavy atom. The highest BCUT2D eigenvalue weighted by atomic mass is 16.5. The van der Waals surface area contributed by atoms with E-state index in [4.69, 9.17) is 14.4 Å². The molecule has 1 N–H and O–H groups in total. The summed E-state index contributed by atoms with van der Waals surface area (Å²) in [5.41, 5.74) is 2.57. The van der Waals surface area contributed by atoms with Gasteiger partial charge in [0.05, 0.1) is 24.5 Å².